The molecule has 4 heterocycles. The van der Waals surface area contributed by atoms with E-state index in [0.717, 1.165) is 29.9 Å². The minimum Gasteiger partial charge on any atom is -0.379 e. The summed E-state index contributed by atoms with van der Waals surface area (Å²) in [6.07, 6.45) is 1.89. The summed E-state index contributed by atoms with van der Waals surface area (Å²) >= 11 is 0. The Bertz CT molecular complexity index is 1150. The SMILES string of the molecule is Cc1cc(Nc2nc(C(c3ccc(F)cc3)N3CCOCC3)nn3cccc23)n[nH]1. The smallest absolute Gasteiger partial charge is 0.173 e. The monoisotopic (exact) mass is 407 g/mol. The highest BCUT2D eigenvalue weighted by atomic mass is 19.1. The van der Waals surface area contributed by atoms with Gasteiger partial charge in [-0.05, 0) is 36.8 Å². The van der Waals surface area contributed by atoms with Gasteiger partial charge < -0.3 is 10.1 Å². The number of aromatic amines is 1. The van der Waals surface area contributed by atoms with Crippen molar-refractivity contribution in [1.29, 1.82) is 0 Å². The number of halogens is 1. The highest BCUT2D eigenvalue weighted by Gasteiger charge is 2.28. The van der Waals surface area contributed by atoms with Crippen LogP contribution in [0.5, 0.6) is 0 Å². The van der Waals surface area contributed by atoms with E-state index in [0.29, 0.717) is 30.7 Å². The average Bonchev–Trinajstić information content (AvgIpc) is 3.39. The van der Waals surface area contributed by atoms with E-state index in [1.54, 1.807) is 16.6 Å². The van der Waals surface area contributed by atoms with Crippen LogP contribution in [0, 0.1) is 12.7 Å². The lowest BCUT2D eigenvalue weighted by Crippen LogP contribution is -2.40. The Balaban J connectivity index is 1.60. The molecule has 8 nitrogen and oxygen atoms in total. The molecule has 0 aliphatic carbocycles. The molecule has 1 unspecified atom stereocenters. The molecule has 0 bridgehead atoms. The molecule has 0 amide bonds. The fourth-order valence-electron chi connectivity index (χ4n) is 3.77. The fourth-order valence-corrected chi connectivity index (χ4v) is 3.77. The molecule has 1 atom stereocenters. The number of rotatable bonds is 5. The second kappa shape index (κ2) is 7.85. The highest BCUT2D eigenvalue weighted by molar-refractivity contribution is 5.72. The van der Waals surface area contributed by atoms with Gasteiger partial charge >= 0.3 is 0 Å². The molecular formula is C21H22FN7O. The van der Waals surface area contributed by atoms with E-state index in [9.17, 15) is 4.39 Å². The number of nitrogens with one attached hydrogen (secondary N) is 2. The van der Waals surface area contributed by atoms with Crippen LogP contribution in [0.25, 0.3) is 5.52 Å². The second-order valence-electron chi connectivity index (χ2n) is 7.32. The Morgan fingerprint density at radius 2 is 1.97 bits per heavy atom. The molecule has 1 aromatic carbocycles. The lowest BCUT2D eigenvalue weighted by Gasteiger charge is -2.33. The number of aryl methyl sites for hydroxylation is 1. The van der Waals surface area contributed by atoms with E-state index in [-0.39, 0.29) is 11.9 Å². The quantitative estimate of drug-likeness (QED) is 0.529. The number of H-pyrrole nitrogens is 1. The topological polar surface area (TPSA) is 83.4 Å². The molecule has 3 aromatic heterocycles. The van der Waals surface area contributed by atoms with Crippen LogP contribution in [0.15, 0.2) is 48.7 Å². The minimum atomic E-state index is -0.266. The number of ether oxygens (including phenoxy) is 1. The molecular weight excluding hydrogens is 385 g/mol. The van der Waals surface area contributed by atoms with Crippen molar-refractivity contribution < 1.29 is 9.13 Å². The van der Waals surface area contributed by atoms with Gasteiger partial charge in [-0.2, -0.15) is 10.2 Å². The molecule has 0 radical (unpaired) electrons. The number of nitrogens with zero attached hydrogens (tertiary/aromatic N) is 5. The van der Waals surface area contributed by atoms with Gasteiger partial charge in [-0.15, -0.1) is 0 Å². The van der Waals surface area contributed by atoms with Gasteiger partial charge in [0.25, 0.3) is 0 Å². The summed E-state index contributed by atoms with van der Waals surface area (Å²) in [5.74, 6) is 1.71. The van der Waals surface area contributed by atoms with Gasteiger partial charge in [0.2, 0.25) is 0 Å². The summed E-state index contributed by atoms with van der Waals surface area (Å²) in [6.45, 7) is 4.72. The van der Waals surface area contributed by atoms with E-state index in [4.69, 9.17) is 14.8 Å². The summed E-state index contributed by atoms with van der Waals surface area (Å²) in [4.78, 5) is 7.15. The van der Waals surface area contributed by atoms with Crippen LogP contribution in [0.2, 0.25) is 0 Å². The van der Waals surface area contributed by atoms with Crippen molar-refractivity contribution in [1.82, 2.24) is 29.7 Å². The van der Waals surface area contributed by atoms with Gasteiger partial charge in [-0.3, -0.25) is 10.00 Å². The predicted octanol–water partition coefficient (Wildman–Crippen LogP) is 3.07. The number of benzene rings is 1. The van der Waals surface area contributed by atoms with E-state index >= 15 is 0 Å². The lowest BCUT2D eigenvalue weighted by atomic mass is 10.0. The van der Waals surface area contributed by atoms with Crippen LogP contribution in [-0.2, 0) is 4.74 Å². The lowest BCUT2D eigenvalue weighted by molar-refractivity contribution is 0.0222. The number of hydrogen-bond acceptors (Lipinski definition) is 6. The van der Waals surface area contributed by atoms with Gasteiger partial charge in [0, 0.05) is 31.0 Å². The fraction of sp³-hybridized carbons (Fsp3) is 0.286. The van der Waals surface area contributed by atoms with E-state index in [1.165, 1.54) is 12.1 Å². The molecule has 9 heteroatoms. The van der Waals surface area contributed by atoms with Gasteiger partial charge in [0.1, 0.15) is 11.3 Å². The van der Waals surface area contributed by atoms with Crippen molar-refractivity contribution in [2.75, 3.05) is 31.6 Å². The molecule has 4 aromatic rings. The van der Waals surface area contributed by atoms with Crippen LogP contribution in [0.1, 0.15) is 23.1 Å². The summed E-state index contributed by atoms with van der Waals surface area (Å²) in [6, 6.07) is 12.1. The molecule has 30 heavy (non-hydrogen) atoms. The molecule has 1 aliphatic rings. The standard InChI is InChI=1S/C21H22FN7O/c1-14-13-18(26-25-14)23-20-17-3-2-8-29(17)27-21(24-20)19(28-9-11-30-12-10-28)15-4-6-16(22)7-5-15/h2-8,13,19H,9-12H2,1H3,(H2,23,24,25,26,27). The van der Waals surface area contributed by atoms with Crippen LogP contribution in [0.4, 0.5) is 16.0 Å². The van der Waals surface area contributed by atoms with E-state index in [1.807, 2.05) is 31.3 Å². The first-order chi connectivity index (χ1) is 14.7. The maximum Gasteiger partial charge on any atom is 0.173 e. The molecule has 0 saturated carbocycles. The van der Waals surface area contributed by atoms with Crippen molar-refractivity contribution in [3.63, 3.8) is 0 Å². The first-order valence-corrected chi connectivity index (χ1v) is 9.89. The predicted molar refractivity (Wildman–Crippen MR) is 110 cm³/mol. The Morgan fingerprint density at radius 3 is 2.70 bits per heavy atom. The maximum absolute atomic E-state index is 13.6. The average molecular weight is 407 g/mol. The largest absolute Gasteiger partial charge is 0.379 e. The van der Waals surface area contributed by atoms with Gasteiger partial charge in [-0.25, -0.2) is 13.9 Å². The zero-order valence-electron chi connectivity index (χ0n) is 16.5. The summed E-state index contributed by atoms with van der Waals surface area (Å²) < 4.78 is 20.9. The van der Waals surface area contributed by atoms with Crippen LogP contribution in [0.3, 0.4) is 0 Å². The van der Waals surface area contributed by atoms with Crippen molar-refractivity contribution >= 4 is 17.2 Å². The Hall–Kier alpha value is -3.30. The molecule has 0 spiro atoms. The Morgan fingerprint density at radius 1 is 1.17 bits per heavy atom. The molecule has 1 aliphatic heterocycles. The zero-order valence-corrected chi connectivity index (χ0v) is 16.5. The summed E-state index contributed by atoms with van der Waals surface area (Å²) in [5, 5.41) is 15.3. The molecule has 1 fully saturated rings. The number of aromatic nitrogens is 5. The normalized spacial score (nSPS) is 16.1. The Kier molecular flexibility index (Phi) is 4.89. The van der Waals surface area contributed by atoms with Crippen molar-refractivity contribution in [3.05, 3.63) is 71.6 Å². The van der Waals surface area contributed by atoms with Crippen LogP contribution >= 0.6 is 0 Å². The summed E-state index contributed by atoms with van der Waals surface area (Å²) in [7, 11) is 0. The Labute approximate surface area is 172 Å². The van der Waals surface area contributed by atoms with Crippen LogP contribution < -0.4 is 5.32 Å². The van der Waals surface area contributed by atoms with E-state index < -0.39 is 0 Å². The first-order valence-electron chi connectivity index (χ1n) is 9.89. The molecule has 2 N–H and O–H groups in total. The third-order valence-corrected chi connectivity index (χ3v) is 5.20. The van der Waals surface area contributed by atoms with Crippen molar-refractivity contribution in [2.24, 2.45) is 0 Å². The minimum absolute atomic E-state index is 0.220. The summed E-state index contributed by atoms with van der Waals surface area (Å²) in [5.41, 5.74) is 2.74. The number of hydrogen-bond donors (Lipinski definition) is 2. The van der Waals surface area contributed by atoms with Crippen LogP contribution in [-0.4, -0.2) is 56.0 Å². The molecule has 154 valence electrons. The van der Waals surface area contributed by atoms with E-state index in [2.05, 4.69) is 20.4 Å². The molecule has 5 rings (SSSR count). The third kappa shape index (κ3) is 3.64. The van der Waals surface area contributed by atoms with Gasteiger partial charge in [0.15, 0.2) is 17.5 Å². The zero-order chi connectivity index (χ0) is 20.5. The van der Waals surface area contributed by atoms with Gasteiger partial charge in [0.05, 0.1) is 19.3 Å². The second-order valence-corrected chi connectivity index (χ2v) is 7.32. The number of anilines is 2. The number of morpholine rings is 1. The first kappa shape index (κ1) is 18.7. The molecule has 1 saturated heterocycles. The maximum atomic E-state index is 13.6. The third-order valence-electron chi connectivity index (χ3n) is 5.20. The highest BCUT2D eigenvalue weighted by Crippen LogP contribution is 2.29. The van der Waals surface area contributed by atoms with Crippen molar-refractivity contribution in [3.8, 4) is 0 Å². The number of fused-ring (bicyclic) bond motifs is 1. The van der Waals surface area contributed by atoms with Gasteiger partial charge in [-0.1, -0.05) is 12.1 Å². The van der Waals surface area contributed by atoms with Crippen molar-refractivity contribution in [2.45, 2.75) is 13.0 Å².